The monoisotopic (exact) mass is 287 g/mol. The van der Waals surface area contributed by atoms with Gasteiger partial charge in [-0.25, -0.2) is 0 Å². The molecular weight excluding hydrogens is 274 g/mol. The largest absolute Gasteiger partial charge is 0.493 e. The molecule has 0 aliphatic carbocycles. The van der Waals surface area contributed by atoms with Crippen LogP contribution in [0.15, 0.2) is 39.5 Å². The highest BCUT2D eigenvalue weighted by Gasteiger charge is 2.10. The maximum Gasteiger partial charge on any atom is 0.252 e. The maximum absolute atomic E-state index is 11.0. The van der Waals surface area contributed by atoms with Crippen molar-refractivity contribution < 1.29 is 14.7 Å². The number of hydrogen-bond donors (Lipinski definition) is 3. The van der Waals surface area contributed by atoms with Gasteiger partial charge in [-0.15, -0.1) is 10.2 Å². The van der Waals surface area contributed by atoms with Gasteiger partial charge in [0.1, 0.15) is 0 Å². The number of nitrogens with one attached hydrogen (secondary N) is 2. The van der Waals surface area contributed by atoms with Crippen molar-refractivity contribution in [2.24, 2.45) is 15.2 Å². The number of hydrogen-bond acceptors (Lipinski definition) is 4. The second kappa shape index (κ2) is 5.95. The summed E-state index contributed by atoms with van der Waals surface area (Å²) in [7, 11) is 0. The summed E-state index contributed by atoms with van der Waals surface area (Å²) in [6.45, 7) is 2.48. The van der Waals surface area contributed by atoms with E-state index in [1.54, 1.807) is 24.3 Å². The van der Waals surface area contributed by atoms with Gasteiger partial charge in [0, 0.05) is 19.2 Å². The number of carbonyl (C=O) groups is 2. The third kappa shape index (κ3) is 3.50. The number of aliphatic imine (C=N–C) groups is 1. The van der Waals surface area contributed by atoms with Crippen LogP contribution in [0.1, 0.15) is 13.8 Å². The number of para-hydroxylation sites is 1. The molecule has 2 rings (SSSR count). The molecule has 2 aromatic rings. The molecule has 1 aromatic heterocycles. The van der Waals surface area contributed by atoms with E-state index in [2.05, 4.69) is 25.5 Å². The summed E-state index contributed by atoms with van der Waals surface area (Å²) in [5, 5.41) is 20.3. The first-order valence-electron chi connectivity index (χ1n) is 6.05. The Labute approximate surface area is 119 Å². The molecule has 8 heteroatoms. The van der Waals surface area contributed by atoms with Gasteiger partial charge in [-0.1, -0.05) is 18.2 Å². The zero-order valence-corrected chi connectivity index (χ0v) is 11.4. The SMILES string of the molecule is CC(=O)N=C(N=Nc1c(O)[nH]c2ccccc12)NC(C)=O. The highest BCUT2D eigenvalue weighted by Crippen LogP contribution is 2.35. The Hall–Kier alpha value is -3.03. The number of fused-ring (bicyclic) bond motifs is 1. The number of nitrogens with zero attached hydrogens (tertiary/aromatic N) is 3. The average Bonchev–Trinajstić information content (AvgIpc) is 2.70. The predicted octanol–water partition coefficient (Wildman–Crippen LogP) is 2.00. The first-order chi connectivity index (χ1) is 9.97. The molecule has 1 aromatic carbocycles. The van der Waals surface area contributed by atoms with Crippen LogP contribution in [0.4, 0.5) is 5.69 Å². The first-order valence-corrected chi connectivity index (χ1v) is 6.05. The van der Waals surface area contributed by atoms with E-state index < -0.39 is 11.8 Å². The maximum atomic E-state index is 11.0. The van der Waals surface area contributed by atoms with Crippen LogP contribution in [0.25, 0.3) is 10.9 Å². The molecule has 3 N–H and O–H groups in total. The zero-order chi connectivity index (χ0) is 15.4. The molecule has 2 amide bonds. The quantitative estimate of drug-likeness (QED) is 0.422. The van der Waals surface area contributed by atoms with Crippen LogP contribution >= 0.6 is 0 Å². The highest BCUT2D eigenvalue weighted by atomic mass is 16.3. The number of aromatic nitrogens is 1. The van der Waals surface area contributed by atoms with E-state index in [1.807, 2.05) is 0 Å². The van der Waals surface area contributed by atoms with E-state index in [1.165, 1.54) is 13.8 Å². The van der Waals surface area contributed by atoms with Gasteiger partial charge in [0.05, 0.1) is 5.52 Å². The molecule has 0 fully saturated rings. The van der Waals surface area contributed by atoms with Crippen molar-refractivity contribution in [3.63, 3.8) is 0 Å². The number of benzene rings is 1. The molecule has 0 radical (unpaired) electrons. The van der Waals surface area contributed by atoms with E-state index in [0.717, 1.165) is 0 Å². The van der Waals surface area contributed by atoms with E-state index in [4.69, 9.17) is 0 Å². The molecule has 8 nitrogen and oxygen atoms in total. The second-order valence-electron chi connectivity index (χ2n) is 4.20. The average molecular weight is 287 g/mol. The van der Waals surface area contributed by atoms with Crippen LogP contribution in [0.5, 0.6) is 5.88 Å². The van der Waals surface area contributed by atoms with Gasteiger partial charge in [-0.3, -0.25) is 14.9 Å². The molecule has 0 atom stereocenters. The van der Waals surface area contributed by atoms with Gasteiger partial charge in [0.2, 0.25) is 17.7 Å². The van der Waals surface area contributed by atoms with E-state index >= 15 is 0 Å². The minimum atomic E-state index is -0.527. The Morgan fingerprint density at radius 3 is 2.62 bits per heavy atom. The molecule has 21 heavy (non-hydrogen) atoms. The van der Waals surface area contributed by atoms with Crippen molar-refractivity contribution in [2.45, 2.75) is 13.8 Å². The lowest BCUT2D eigenvalue weighted by molar-refractivity contribution is -0.117. The summed E-state index contributed by atoms with van der Waals surface area (Å²) in [6, 6.07) is 7.11. The zero-order valence-electron chi connectivity index (χ0n) is 11.4. The fourth-order valence-electron chi connectivity index (χ4n) is 1.69. The molecule has 0 aliphatic rings. The molecule has 1 heterocycles. The minimum absolute atomic E-state index is 0.162. The summed E-state index contributed by atoms with van der Waals surface area (Å²) in [4.78, 5) is 28.3. The summed E-state index contributed by atoms with van der Waals surface area (Å²) in [5.74, 6) is -1.36. The standard InChI is InChI=1S/C13H13N5O3/c1-7(19)14-13(15-8(2)20)18-17-11-9-5-3-4-6-10(9)16-12(11)21/h3-6,16,21H,1-2H3,(H,14,15,19,20). The van der Waals surface area contributed by atoms with Crippen molar-refractivity contribution in [1.29, 1.82) is 0 Å². The van der Waals surface area contributed by atoms with Crippen LogP contribution in [0, 0.1) is 0 Å². The number of H-pyrrole nitrogens is 1. The van der Waals surface area contributed by atoms with Gasteiger partial charge in [0.25, 0.3) is 5.96 Å². The predicted molar refractivity (Wildman–Crippen MR) is 76.4 cm³/mol. The van der Waals surface area contributed by atoms with Crippen molar-refractivity contribution in [3.8, 4) is 5.88 Å². The van der Waals surface area contributed by atoms with Gasteiger partial charge < -0.3 is 10.1 Å². The van der Waals surface area contributed by atoms with Crippen molar-refractivity contribution in [1.82, 2.24) is 10.3 Å². The van der Waals surface area contributed by atoms with Crippen LogP contribution in [-0.4, -0.2) is 27.9 Å². The molecule has 0 saturated carbocycles. The van der Waals surface area contributed by atoms with Crippen LogP contribution in [0.3, 0.4) is 0 Å². The van der Waals surface area contributed by atoms with Crippen LogP contribution < -0.4 is 5.32 Å². The molecule has 0 saturated heterocycles. The number of guanidine groups is 1. The van der Waals surface area contributed by atoms with Gasteiger partial charge in [-0.2, -0.15) is 4.99 Å². The Morgan fingerprint density at radius 2 is 1.95 bits per heavy atom. The molecular formula is C13H13N5O3. The summed E-state index contributed by atoms with van der Waals surface area (Å²) >= 11 is 0. The molecule has 0 bridgehead atoms. The smallest absolute Gasteiger partial charge is 0.252 e. The molecule has 0 aliphatic heterocycles. The van der Waals surface area contributed by atoms with Crippen molar-refractivity contribution in [3.05, 3.63) is 24.3 Å². The fourth-order valence-corrected chi connectivity index (χ4v) is 1.69. The molecule has 0 unspecified atom stereocenters. The third-order valence-electron chi connectivity index (χ3n) is 2.46. The lowest BCUT2D eigenvalue weighted by atomic mass is 10.2. The topological polar surface area (TPSA) is 119 Å². The van der Waals surface area contributed by atoms with Gasteiger partial charge in [-0.05, 0) is 6.07 Å². The minimum Gasteiger partial charge on any atom is -0.493 e. The number of rotatable bonds is 1. The molecule has 0 spiro atoms. The molecule has 108 valence electrons. The highest BCUT2D eigenvalue weighted by molar-refractivity contribution is 6.01. The van der Waals surface area contributed by atoms with Crippen molar-refractivity contribution >= 4 is 34.4 Å². The Balaban J connectivity index is 2.39. The van der Waals surface area contributed by atoms with Crippen LogP contribution in [0.2, 0.25) is 0 Å². The van der Waals surface area contributed by atoms with E-state index in [-0.39, 0.29) is 17.5 Å². The summed E-state index contributed by atoms with van der Waals surface area (Å²) in [6.07, 6.45) is 0. The number of aromatic amines is 1. The number of aromatic hydroxyl groups is 1. The van der Waals surface area contributed by atoms with Crippen molar-refractivity contribution in [2.75, 3.05) is 0 Å². The van der Waals surface area contributed by atoms with E-state index in [9.17, 15) is 14.7 Å². The summed E-state index contributed by atoms with van der Waals surface area (Å²) < 4.78 is 0. The number of azo groups is 1. The lowest BCUT2D eigenvalue weighted by Gasteiger charge is -1.98. The van der Waals surface area contributed by atoms with E-state index in [0.29, 0.717) is 10.9 Å². The summed E-state index contributed by atoms with van der Waals surface area (Å²) in [5.41, 5.74) is 0.890. The Bertz CT molecular complexity index is 760. The van der Waals surface area contributed by atoms with Gasteiger partial charge in [0.15, 0.2) is 5.69 Å². The third-order valence-corrected chi connectivity index (χ3v) is 2.46. The van der Waals surface area contributed by atoms with Crippen LogP contribution in [-0.2, 0) is 9.59 Å². The Kier molecular flexibility index (Phi) is 4.07. The normalized spacial score (nSPS) is 12.0. The lowest BCUT2D eigenvalue weighted by Crippen LogP contribution is -2.26. The van der Waals surface area contributed by atoms with Gasteiger partial charge >= 0.3 is 0 Å². The number of carbonyl (C=O) groups excluding carboxylic acids is 2. The second-order valence-corrected chi connectivity index (χ2v) is 4.20. The fraction of sp³-hybridized carbons (Fsp3) is 0.154. The first kappa shape index (κ1) is 14.4. The Morgan fingerprint density at radius 1 is 1.24 bits per heavy atom. The number of amides is 2.